The van der Waals surface area contributed by atoms with E-state index in [-0.39, 0.29) is 22.7 Å². The van der Waals surface area contributed by atoms with Crippen LogP contribution in [0.1, 0.15) is 26.4 Å². The summed E-state index contributed by atoms with van der Waals surface area (Å²) in [5, 5.41) is 16.7. The first-order valence-corrected chi connectivity index (χ1v) is 13.9. The first-order valence-electron chi connectivity index (χ1n) is 12.0. The zero-order chi connectivity index (χ0) is 30.0. The number of fused-ring (bicyclic) bond motifs is 1. The van der Waals surface area contributed by atoms with Crippen molar-refractivity contribution in [1.82, 2.24) is 10.4 Å². The molecule has 5 aromatic rings. The van der Waals surface area contributed by atoms with Crippen LogP contribution in [-0.4, -0.2) is 28.0 Å². The van der Waals surface area contributed by atoms with E-state index in [1.54, 1.807) is 48.5 Å². The Morgan fingerprint density at radius 2 is 1.71 bits per heavy atom. The van der Waals surface area contributed by atoms with Gasteiger partial charge in [0.05, 0.1) is 21.7 Å². The molecule has 0 bridgehead atoms. The van der Waals surface area contributed by atoms with Gasteiger partial charge in [0.1, 0.15) is 11.4 Å². The molecule has 1 aromatic heterocycles. The minimum atomic E-state index is -0.732. The number of aromatic nitrogens is 1. The highest BCUT2D eigenvalue weighted by Gasteiger charge is 2.23. The predicted octanol–water partition coefficient (Wildman–Crippen LogP) is 8.45. The average molecular weight is 687 g/mol. The molecule has 2 N–H and O–H groups in total. The number of nitro benzene ring substituents is 1. The maximum Gasteiger partial charge on any atom is 0.343 e. The van der Waals surface area contributed by atoms with Gasteiger partial charge < -0.3 is 9.72 Å². The zero-order valence-corrected chi connectivity index (χ0v) is 24.9. The molecular weight excluding hydrogens is 671 g/mol. The van der Waals surface area contributed by atoms with E-state index >= 15 is 0 Å². The third kappa shape index (κ3) is 6.17. The highest BCUT2D eigenvalue weighted by molar-refractivity contribution is 9.10. The fourth-order valence-electron chi connectivity index (χ4n) is 4.16. The molecule has 4 aromatic carbocycles. The topological polar surface area (TPSA) is 127 Å². The molecule has 0 saturated carbocycles. The molecule has 0 aliphatic heterocycles. The number of nitrogens with zero attached hydrogens (tertiary/aromatic N) is 2. The highest BCUT2D eigenvalue weighted by Crippen LogP contribution is 2.41. The third-order valence-corrected chi connectivity index (χ3v) is 7.38. The summed E-state index contributed by atoms with van der Waals surface area (Å²) in [4.78, 5) is 39.4. The van der Waals surface area contributed by atoms with E-state index in [0.29, 0.717) is 47.1 Å². The molecule has 1 amide bonds. The monoisotopic (exact) mass is 684 g/mol. The fourth-order valence-corrected chi connectivity index (χ4v) is 5.36. The van der Waals surface area contributed by atoms with E-state index in [1.807, 2.05) is 0 Å². The molecule has 0 aliphatic rings. The average Bonchev–Trinajstić information content (AvgIpc) is 3.34. The summed E-state index contributed by atoms with van der Waals surface area (Å²) in [6.45, 7) is 0. The number of amides is 1. The van der Waals surface area contributed by atoms with Crippen LogP contribution < -0.4 is 10.2 Å². The van der Waals surface area contributed by atoms with Crippen LogP contribution in [0.25, 0.3) is 22.0 Å². The van der Waals surface area contributed by atoms with Crippen molar-refractivity contribution in [3.63, 3.8) is 0 Å². The standard InChI is InChI=1S/C29H16BrCl3N4O5/c30-17-7-10-24(42-29(39)15-5-8-19(9-6-15)37(40)41)16(11-17)14-34-36-28(38)27-25(20-3-1-2-4-21(20)32)26-22(33)12-18(31)13-23(26)35-27/h1-14,35H,(H,36,38). The van der Waals surface area contributed by atoms with Crippen molar-refractivity contribution in [2.75, 3.05) is 0 Å². The maximum atomic E-state index is 13.4. The molecule has 0 aliphatic carbocycles. The quantitative estimate of drug-likeness (QED) is 0.0584. The van der Waals surface area contributed by atoms with Crippen LogP contribution in [0.15, 0.2) is 88.4 Å². The lowest BCUT2D eigenvalue weighted by atomic mass is 10.0. The van der Waals surface area contributed by atoms with Crippen molar-refractivity contribution in [2.45, 2.75) is 0 Å². The van der Waals surface area contributed by atoms with E-state index in [4.69, 9.17) is 39.5 Å². The second-order valence-corrected chi connectivity index (χ2v) is 10.9. The van der Waals surface area contributed by atoms with Crippen LogP contribution >= 0.6 is 50.7 Å². The third-order valence-electron chi connectivity index (χ3n) is 6.04. The van der Waals surface area contributed by atoms with Crippen molar-refractivity contribution in [3.8, 4) is 16.9 Å². The van der Waals surface area contributed by atoms with Gasteiger partial charge in [-0.15, -0.1) is 0 Å². The second kappa shape index (κ2) is 12.3. The number of aromatic amines is 1. The van der Waals surface area contributed by atoms with E-state index in [2.05, 4.69) is 31.4 Å². The number of hydrogen-bond donors (Lipinski definition) is 2. The number of esters is 1. The molecule has 5 rings (SSSR count). The molecule has 42 heavy (non-hydrogen) atoms. The van der Waals surface area contributed by atoms with Gasteiger partial charge in [-0.3, -0.25) is 14.9 Å². The van der Waals surface area contributed by atoms with Gasteiger partial charge in [0.15, 0.2) is 0 Å². The number of nitrogens with one attached hydrogen (secondary N) is 2. The Hall–Kier alpha value is -4.22. The predicted molar refractivity (Wildman–Crippen MR) is 166 cm³/mol. The molecule has 0 spiro atoms. The van der Waals surface area contributed by atoms with E-state index in [0.717, 1.165) is 0 Å². The summed E-state index contributed by atoms with van der Waals surface area (Å²) in [6.07, 6.45) is 1.31. The Labute approximate surface area is 261 Å². The SMILES string of the molecule is O=C(Oc1ccc(Br)cc1C=NNC(=O)c1[nH]c2cc(Cl)cc(Cl)c2c1-c1ccccc1Cl)c1ccc([N+](=O)[O-])cc1. The molecule has 0 unspecified atom stereocenters. The van der Waals surface area contributed by atoms with Crippen LogP contribution in [0.5, 0.6) is 5.75 Å². The first kappa shape index (κ1) is 29.3. The molecule has 0 radical (unpaired) electrons. The van der Waals surface area contributed by atoms with Crippen molar-refractivity contribution >= 4 is 85.4 Å². The number of nitro groups is 1. The summed E-state index contributed by atoms with van der Waals surface area (Å²) in [6, 6.07) is 20.1. The molecule has 0 atom stereocenters. The number of carbonyl (C=O) groups is 2. The van der Waals surface area contributed by atoms with Crippen molar-refractivity contribution in [1.29, 1.82) is 0 Å². The van der Waals surface area contributed by atoms with E-state index in [1.165, 1.54) is 36.5 Å². The number of ether oxygens (including phenoxy) is 1. The smallest absolute Gasteiger partial charge is 0.343 e. The summed E-state index contributed by atoms with van der Waals surface area (Å²) in [5.74, 6) is -1.18. The van der Waals surface area contributed by atoms with Gasteiger partial charge in [0, 0.05) is 54.2 Å². The van der Waals surface area contributed by atoms with E-state index < -0.39 is 16.8 Å². The summed E-state index contributed by atoms with van der Waals surface area (Å²) < 4.78 is 6.16. The molecule has 210 valence electrons. The van der Waals surface area contributed by atoms with Gasteiger partial charge in [-0.2, -0.15) is 5.10 Å². The van der Waals surface area contributed by atoms with Crippen LogP contribution in [0, 0.1) is 10.1 Å². The lowest BCUT2D eigenvalue weighted by Gasteiger charge is -2.09. The number of rotatable bonds is 7. The largest absolute Gasteiger partial charge is 0.422 e. The second-order valence-electron chi connectivity index (χ2n) is 8.74. The molecule has 13 heteroatoms. The van der Waals surface area contributed by atoms with Crippen LogP contribution in [0.4, 0.5) is 5.69 Å². The molecule has 0 saturated heterocycles. The normalized spacial score (nSPS) is 11.1. The summed E-state index contributed by atoms with van der Waals surface area (Å²) in [5.41, 5.74) is 4.54. The molecular formula is C29H16BrCl3N4O5. The lowest BCUT2D eigenvalue weighted by molar-refractivity contribution is -0.384. The zero-order valence-electron chi connectivity index (χ0n) is 21.0. The minimum absolute atomic E-state index is 0.115. The number of non-ortho nitro benzene ring substituents is 1. The van der Waals surface area contributed by atoms with Gasteiger partial charge in [0.25, 0.3) is 11.6 Å². The Balaban J connectivity index is 1.43. The molecule has 9 nitrogen and oxygen atoms in total. The van der Waals surface area contributed by atoms with Crippen LogP contribution in [0.2, 0.25) is 15.1 Å². The van der Waals surface area contributed by atoms with E-state index in [9.17, 15) is 19.7 Å². The van der Waals surface area contributed by atoms with Crippen LogP contribution in [-0.2, 0) is 0 Å². The Bertz CT molecular complexity index is 1910. The number of benzene rings is 4. The van der Waals surface area contributed by atoms with Crippen LogP contribution in [0.3, 0.4) is 0 Å². The Kier molecular flexibility index (Phi) is 8.60. The lowest BCUT2D eigenvalue weighted by Crippen LogP contribution is -2.19. The summed E-state index contributed by atoms with van der Waals surface area (Å²) in [7, 11) is 0. The van der Waals surface area contributed by atoms with Crippen molar-refractivity contribution in [2.24, 2.45) is 5.10 Å². The van der Waals surface area contributed by atoms with Gasteiger partial charge >= 0.3 is 5.97 Å². The fraction of sp³-hybridized carbons (Fsp3) is 0. The number of carbonyl (C=O) groups excluding carboxylic acids is 2. The van der Waals surface area contributed by atoms with Gasteiger partial charge in [-0.05, 0) is 48.5 Å². The number of hydrogen-bond acceptors (Lipinski definition) is 6. The molecule has 1 heterocycles. The van der Waals surface area contributed by atoms with Gasteiger partial charge in [-0.25, -0.2) is 10.2 Å². The van der Waals surface area contributed by atoms with Crippen molar-refractivity contribution < 1.29 is 19.2 Å². The summed E-state index contributed by atoms with van der Waals surface area (Å²) >= 11 is 22.6. The number of hydrazone groups is 1. The number of H-pyrrole nitrogens is 1. The Morgan fingerprint density at radius 1 is 0.976 bits per heavy atom. The first-order chi connectivity index (χ1) is 20.1. The molecule has 0 fully saturated rings. The minimum Gasteiger partial charge on any atom is -0.422 e. The van der Waals surface area contributed by atoms with Crippen molar-refractivity contribution in [3.05, 3.63) is 125 Å². The maximum absolute atomic E-state index is 13.4. The van der Waals surface area contributed by atoms with Gasteiger partial charge in [0.2, 0.25) is 0 Å². The van der Waals surface area contributed by atoms with Gasteiger partial charge in [-0.1, -0.05) is 68.9 Å². The Morgan fingerprint density at radius 3 is 2.43 bits per heavy atom. The number of halogens is 4. The highest BCUT2D eigenvalue weighted by atomic mass is 79.9.